The molecule has 0 aliphatic rings. The lowest BCUT2D eigenvalue weighted by Gasteiger charge is -2.13. The summed E-state index contributed by atoms with van der Waals surface area (Å²) in [4.78, 5) is 38.5. The van der Waals surface area contributed by atoms with Crippen LogP contribution in [0.3, 0.4) is 0 Å². The van der Waals surface area contributed by atoms with Gasteiger partial charge in [-0.15, -0.1) is 0 Å². The Morgan fingerprint density at radius 1 is 1.00 bits per heavy atom. The number of nitrogens with zero attached hydrogens (tertiary/aromatic N) is 2. The van der Waals surface area contributed by atoms with Crippen molar-refractivity contribution in [2.24, 2.45) is 0 Å². The van der Waals surface area contributed by atoms with Crippen LogP contribution >= 0.6 is 15.9 Å². The summed E-state index contributed by atoms with van der Waals surface area (Å²) in [5.41, 5.74) is 7.96. The summed E-state index contributed by atoms with van der Waals surface area (Å²) in [6, 6.07) is 19.1. The summed E-state index contributed by atoms with van der Waals surface area (Å²) in [5.74, 6) is -0.296. The van der Waals surface area contributed by atoms with Crippen molar-refractivity contribution in [1.29, 1.82) is 0 Å². The number of nitrogen functional groups attached to an aromatic ring is 1. The third kappa shape index (κ3) is 4.09. The molecule has 0 atom stereocenters. The number of anilines is 2. The van der Waals surface area contributed by atoms with Crippen LogP contribution < -0.4 is 22.3 Å². The molecule has 162 valence electrons. The molecular formula is C24H21BrN4O3. The fourth-order valence-corrected chi connectivity index (χ4v) is 3.95. The molecule has 4 aromatic rings. The normalized spacial score (nSPS) is 10.9. The molecule has 1 heterocycles. The smallest absolute Gasteiger partial charge is 0.331 e. The lowest BCUT2D eigenvalue weighted by atomic mass is 10.1. The van der Waals surface area contributed by atoms with E-state index in [2.05, 4.69) is 21.2 Å². The van der Waals surface area contributed by atoms with Crippen LogP contribution in [0.5, 0.6) is 0 Å². The van der Waals surface area contributed by atoms with Crippen LogP contribution in [0, 0.1) is 0 Å². The number of nitrogens with one attached hydrogen (secondary N) is 1. The van der Waals surface area contributed by atoms with E-state index in [0.717, 1.165) is 10.0 Å². The lowest BCUT2D eigenvalue weighted by Crippen LogP contribution is -2.40. The minimum absolute atomic E-state index is 0.105. The maximum Gasteiger partial charge on any atom is 0.331 e. The van der Waals surface area contributed by atoms with Crippen LogP contribution in [-0.4, -0.2) is 15.0 Å². The van der Waals surface area contributed by atoms with E-state index in [4.69, 9.17) is 5.73 Å². The SMILES string of the molecule is CCn1c(=O)n(Cc2ccc(C(=O)Nc3ccccc3N)cc2)c(=O)c2cc(Br)ccc21. The van der Waals surface area contributed by atoms with Crippen molar-refractivity contribution in [3.8, 4) is 0 Å². The van der Waals surface area contributed by atoms with Crippen molar-refractivity contribution in [2.45, 2.75) is 20.0 Å². The molecule has 1 amide bonds. The predicted molar refractivity (Wildman–Crippen MR) is 130 cm³/mol. The minimum atomic E-state index is -0.367. The van der Waals surface area contributed by atoms with Gasteiger partial charge < -0.3 is 11.1 Å². The molecule has 0 saturated heterocycles. The number of carbonyl (C=O) groups excluding carboxylic acids is 1. The summed E-state index contributed by atoms with van der Waals surface area (Å²) >= 11 is 3.39. The van der Waals surface area contributed by atoms with Crippen LogP contribution in [0.2, 0.25) is 0 Å². The highest BCUT2D eigenvalue weighted by Crippen LogP contribution is 2.19. The Bertz CT molecular complexity index is 1440. The first-order chi connectivity index (χ1) is 15.4. The standard InChI is InChI=1S/C24H21BrN4O3/c1-2-28-21-12-11-17(25)13-18(21)23(31)29(24(28)32)14-15-7-9-16(10-8-15)22(30)27-20-6-4-3-5-19(20)26/h3-13H,2,14,26H2,1H3,(H,27,30). The molecule has 0 fully saturated rings. The summed E-state index contributed by atoms with van der Waals surface area (Å²) in [5, 5.41) is 3.25. The van der Waals surface area contributed by atoms with E-state index < -0.39 is 0 Å². The number of hydrogen-bond donors (Lipinski definition) is 2. The van der Waals surface area contributed by atoms with Gasteiger partial charge in [-0.25, -0.2) is 4.79 Å². The van der Waals surface area contributed by atoms with E-state index in [-0.39, 0.29) is 23.7 Å². The molecule has 0 saturated carbocycles. The summed E-state index contributed by atoms with van der Waals surface area (Å²) < 4.78 is 3.57. The van der Waals surface area contributed by atoms with Crippen molar-refractivity contribution < 1.29 is 4.79 Å². The Labute approximate surface area is 192 Å². The van der Waals surface area contributed by atoms with Gasteiger partial charge in [0.05, 0.1) is 28.8 Å². The second-order valence-corrected chi connectivity index (χ2v) is 8.23. The topological polar surface area (TPSA) is 99.1 Å². The van der Waals surface area contributed by atoms with E-state index in [0.29, 0.717) is 34.4 Å². The third-order valence-corrected chi connectivity index (χ3v) is 5.76. The monoisotopic (exact) mass is 492 g/mol. The van der Waals surface area contributed by atoms with Crippen molar-refractivity contribution in [2.75, 3.05) is 11.1 Å². The van der Waals surface area contributed by atoms with Gasteiger partial charge in [-0.2, -0.15) is 0 Å². The Hall–Kier alpha value is -3.65. The second-order valence-electron chi connectivity index (χ2n) is 7.32. The number of amides is 1. The average molecular weight is 493 g/mol. The molecule has 32 heavy (non-hydrogen) atoms. The molecule has 0 spiro atoms. The molecule has 0 aliphatic heterocycles. The zero-order valence-electron chi connectivity index (χ0n) is 17.3. The number of carbonyl (C=O) groups is 1. The largest absolute Gasteiger partial charge is 0.397 e. The van der Waals surface area contributed by atoms with Crippen molar-refractivity contribution in [3.05, 3.63) is 103 Å². The van der Waals surface area contributed by atoms with E-state index in [1.807, 2.05) is 13.0 Å². The highest BCUT2D eigenvalue weighted by molar-refractivity contribution is 9.10. The maximum absolute atomic E-state index is 13.0. The summed E-state index contributed by atoms with van der Waals surface area (Å²) in [6.07, 6.45) is 0. The van der Waals surface area contributed by atoms with Crippen LogP contribution in [-0.2, 0) is 13.1 Å². The van der Waals surface area contributed by atoms with Crippen molar-refractivity contribution in [1.82, 2.24) is 9.13 Å². The average Bonchev–Trinajstić information content (AvgIpc) is 2.79. The van der Waals surface area contributed by atoms with Gasteiger partial charge >= 0.3 is 5.69 Å². The Balaban J connectivity index is 1.64. The Morgan fingerprint density at radius 2 is 1.72 bits per heavy atom. The number of fused-ring (bicyclic) bond motifs is 1. The van der Waals surface area contributed by atoms with Gasteiger partial charge in [-0.3, -0.25) is 18.7 Å². The van der Waals surface area contributed by atoms with Crippen LogP contribution in [0.25, 0.3) is 10.9 Å². The number of aromatic nitrogens is 2. The molecule has 0 bridgehead atoms. The maximum atomic E-state index is 13.0. The van der Waals surface area contributed by atoms with Crippen LogP contribution in [0.15, 0.2) is 80.8 Å². The molecule has 0 radical (unpaired) electrons. The second kappa shape index (κ2) is 8.84. The molecule has 3 aromatic carbocycles. The fraction of sp³-hybridized carbons (Fsp3) is 0.125. The van der Waals surface area contributed by atoms with Gasteiger partial charge in [0.2, 0.25) is 0 Å². The van der Waals surface area contributed by atoms with Gasteiger partial charge in [0.1, 0.15) is 0 Å². The predicted octanol–water partition coefficient (Wildman–Crippen LogP) is 3.83. The highest BCUT2D eigenvalue weighted by Gasteiger charge is 2.14. The molecule has 0 aliphatic carbocycles. The van der Waals surface area contributed by atoms with Gasteiger partial charge in [0.25, 0.3) is 11.5 Å². The minimum Gasteiger partial charge on any atom is -0.397 e. The van der Waals surface area contributed by atoms with Gasteiger partial charge in [-0.1, -0.05) is 40.2 Å². The van der Waals surface area contributed by atoms with Crippen molar-refractivity contribution in [3.63, 3.8) is 0 Å². The highest BCUT2D eigenvalue weighted by atomic mass is 79.9. The molecule has 7 nitrogen and oxygen atoms in total. The number of halogens is 1. The number of rotatable bonds is 5. The van der Waals surface area contributed by atoms with E-state index >= 15 is 0 Å². The zero-order valence-corrected chi connectivity index (χ0v) is 18.9. The third-order valence-electron chi connectivity index (χ3n) is 5.27. The summed E-state index contributed by atoms with van der Waals surface area (Å²) in [6.45, 7) is 2.41. The molecule has 4 rings (SSSR count). The molecule has 1 aromatic heterocycles. The quantitative estimate of drug-likeness (QED) is 0.413. The van der Waals surface area contributed by atoms with Gasteiger partial charge in [-0.05, 0) is 55.0 Å². The first-order valence-corrected chi connectivity index (χ1v) is 10.9. The first-order valence-electron chi connectivity index (χ1n) is 10.1. The molecular weight excluding hydrogens is 472 g/mol. The van der Waals surface area contributed by atoms with Crippen molar-refractivity contribution >= 4 is 44.1 Å². The number of benzene rings is 3. The Morgan fingerprint density at radius 3 is 2.41 bits per heavy atom. The van der Waals surface area contributed by atoms with Crippen LogP contribution in [0.1, 0.15) is 22.8 Å². The number of aryl methyl sites for hydroxylation is 1. The first kappa shape index (κ1) is 21.6. The number of para-hydroxylation sites is 2. The molecule has 3 N–H and O–H groups in total. The molecule has 0 unspecified atom stereocenters. The zero-order chi connectivity index (χ0) is 22.8. The fourth-order valence-electron chi connectivity index (χ4n) is 3.59. The molecule has 8 heteroatoms. The number of hydrogen-bond acceptors (Lipinski definition) is 4. The van der Waals surface area contributed by atoms with Gasteiger partial charge in [0.15, 0.2) is 0 Å². The van der Waals surface area contributed by atoms with E-state index in [9.17, 15) is 14.4 Å². The number of nitrogens with two attached hydrogens (primary N) is 1. The van der Waals surface area contributed by atoms with E-state index in [1.54, 1.807) is 65.2 Å². The van der Waals surface area contributed by atoms with Gasteiger partial charge in [0, 0.05) is 16.6 Å². The van der Waals surface area contributed by atoms with E-state index in [1.165, 1.54) is 4.57 Å². The Kier molecular flexibility index (Phi) is 5.96. The van der Waals surface area contributed by atoms with Crippen LogP contribution in [0.4, 0.5) is 11.4 Å². The lowest BCUT2D eigenvalue weighted by molar-refractivity contribution is 0.102. The summed E-state index contributed by atoms with van der Waals surface area (Å²) in [7, 11) is 0.